The van der Waals surface area contributed by atoms with Gasteiger partial charge in [0.1, 0.15) is 5.60 Å². The molecule has 0 fully saturated rings. The molecule has 1 amide bonds. The van der Waals surface area contributed by atoms with Crippen molar-refractivity contribution in [2.75, 3.05) is 4.90 Å². The predicted molar refractivity (Wildman–Crippen MR) is 92.0 cm³/mol. The molecule has 0 aliphatic carbocycles. The number of carbonyl (C=O) groups is 1. The summed E-state index contributed by atoms with van der Waals surface area (Å²) in [5.74, 6) is 0. The van der Waals surface area contributed by atoms with E-state index in [4.69, 9.17) is 4.74 Å². The normalized spacial score (nSPS) is 11.0. The van der Waals surface area contributed by atoms with E-state index in [0.717, 1.165) is 5.56 Å². The van der Waals surface area contributed by atoms with Crippen LogP contribution in [0.15, 0.2) is 54.6 Å². The predicted octanol–water partition coefficient (Wildman–Crippen LogP) is 4.54. The number of hydrogen-bond acceptors (Lipinski definition) is 4. The molecule has 0 aliphatic rings. The maximum absolute atomic E-state index is 12.6. The van der Waals surface area contributed by atoms with Gasteiger partial charge in [0.25, 0.3) is 5.69 Å². The van der Waals surface area contributed by atoms with E-state index in [9.17, 15) is 14.9 Å². The molecule has 0 heterocycles. The minimum atomic E-state index is -0.632. The fraction of sp³-hybridized carbons (Fsp3) is 0.278. The highest BCUT2D eigenvalue weighted by atomic mass is 16.6. The van der Waals surface area contributed by atoms with Crippen molar-refractivity contribution in [3.63, 3.8) is 0 Å². The zero-order valence-corrected chi connectivity index (χ0v) is 13.9. The van der Waals surface area contributed by atoms with Gasteiger partial charge in [-0.3, -0.25) is 15.0 Å². The fourth-order valence-electron chi connectivity index (χ4n) is 2.10. The van der Waals surface area contributed by atoms with Crippen LogP contribution in [0.3, 0.4) is 0 Å². The van der Waals surface area contributed by atoms with Gasteiger partial charge in [0, 0.05) is 17.8 Å². The van der Waals surface area contributed by atoms with Crippen molar-refractivity contribution in [3.8, 4) is 0 Å². The number of nitro benzene ring substituents is 1. The second-order valence-corrected chi connectivity index (χ2v) is 6.33. The number of rotatable bonds is 4. The molecule has 6 nitrogen and oxygen atoms in total. The van der Waals surface area contributed by atoms with Gasteiger partial charge in [-0.15, -0.1) is 0 Å². The number of non-ortho nitro benzene ring substituents is 1. The Hall–Kier alpha value is -2.89. The highest BCUT2D eigenvalue weighted by Gasteiger charge is 2.24. The van der Waals surface area contributed by atoms with Crippen LogP contribution in [0.1, 0.15) is 26.3 Å². The van der Waals surface area contributed by atoms with Crippen molar-refractivity contribution in [3.05, 3.63) is 70.3 Å². The van der Waals surface area contributed by atoms with Crippen molar-refractivity contribution in [1.82, 2.24) is 0 Å². The molecule has 0 bridgehead atoms. The molecule has 0 saturated carbocycles. The smallest absolute Gasteiger partial charge is 0.415 e. The van der Waals surface area contributed by atoms with Crippen molar-refractivity contribution >= 4 is 17.5 Å². The minimum absolute atomic E-state index is 0.0254. The first-order valence-corrected chi connectivity index (χ1v) is 7.55. The zero-order chi connectivity index (χ0) is 17.7. The number of amides is 1. The number of carbonyl (C=O) groups excluding carboxylic acids is 1. The molecule has 2 aromatic rings. The Labute approximate surface area is 140 Å². The molecule has 2 aromatic carbocycles. The van der Waals surface area contributed by atoms with Gasteiger partial charge in [-0.2, -0.15) is 0 Å². The lowest BCUT2D eigenvalue weighted by Gasteiger charge is -2.27. The third-order valence-corrected chi connectivity index (χ3v) is 3.17. The van der Waals surface area contributed by atoms with Crippen LogP contribution >= 0.6 is 0 Å². The monoisotopic (exact) mass is 328 g/mol. The lowest BCUT2D eigenvalue weighted by Crippen LogP contribution is -2.36. The number of benzene rings is 2. The van der Waals surface area contributed by atoms with Gasteiger partial charge in [-0.1, -0.05) is 30.3 Å². The van der Waals surface area contributed by atoms with Crippen LogP contribution in [0, 0.1) is 10.1 Å². The second kappa shape index (κ2) is 7.12. The highest BCUT2D eigenvalue weighted by molar-refractivity contribution is 5.88. The molecule has 0 aromatic heterocycles. The maximum atomic E-state index is 12.6. The number of hydrogen-bond donors (Lipinski definition) is 0. The van der Waals surface area contributed by atoms with Crippen LogP contribution in [-0.4, -0.2) is 16.6 Å². The van der Waals surface area contributed by atoms with E-state index in [1.807, 2.05) is 30.3 Å². The molecule has 0 N–H and O–H groups in total. The third-order valence-electron chi connectivity index (χ3n) is 3.17. The molecule has 0 atom stereocenters. The zero-order valence-electron chi connectivity index (χ0n) is 13.9. The maximum Gasteiger partial charge on any atom is 0.415 e. The van der Waals surface area contributed by atoms with E-state index in [1.165, 1.54) is 17.0 Å². The Morgan fingerprint density at radius 2 is 1.67 bits per heavy atom. The molecule has 0 spiro atoms. The molecule has 6 heteroatoms. The summed E-state index contributed by atoms with van der Waals surface area (Å²) in [6.07, 6.45) is -0.500. The Morgan fingerprint density at radius 3 is 2.17 bits per heavy atom. The Balaban J connectivity index is 2.31. The molecule has 126 valence electrons. The van der Waals surface area contributed by atoms with Gasteiger partial charge in [0.2, 0.25) is 0 Å². The number of ether oxygens (including phenoxy) is 1. The van der Waals surface area contributed by atoms with Crippen LogP contribution in [0.25, 0.3) is 0 Å². The molecule has 0 radical (unpaired) electrons. The summed E-state index contributed by atoms with van der Waals surface area (Å²) in [4.78, 5) is 24.3. The Bertz CT molecular complexity index is 706. The van der Waals surface area contributed by atoms with Crippen molar-refractivity contribution in [2.45, 2.75) is 32.9 Å². The first kappa shape index (κ1) is 17.5. The fourth-order valence-corrected chi connectivity index (χ4v) is 2.10. The second-order valence-electron chi connectivity index (χ2n) is 6.33. The molecule has 2 rings (SSSR count). The molecule has 0 unspecified atom stereocenters. The van der Waals surface area contributed by atoms with E-state index in [0.29, 0.717) is 12.2 Å². The highest BCUT2D eigenvalue weighted by Crippen LogP contribution is 2.23. The summed E-state index contributed by atoms with van der Waals surface area (Å²) in [6.45, 7) is 5.69. The van der Waals surface area contributed by atoms with Gasteiger partial charge in [-0.25, -0.2) is 4.79 Å². The van der Waals surface area contributed by atoms with Gasteiger partial charge < -0.3 is 4.74 Å². The van der Waals surface area contributed by atoms with E-state index < -0.39 is 16.6 Å². The summed E-state index contributed by atoms with van der Waals surface area (Å²) in [5, 5.41) is 10.8. The summed E-state index contributed by atoms with van der Waals surface area (Å²) < 4.78 is 5.46. The van der Waals surface area contributed by atoms with Crippen LogP contribution in [0.5, 0.6) is 0 Å². The summed E-state index contributed by atoms with van der Waals surface area (Å²) in [5.41, 5.74) is 0.815. The number of nitro groups is 1. The van der Waals surface area contributed by atoms with Crippen molar-refractivity contribution in [1.29, 1.82) is 0 Å². The molecule has 0 aliphatic heterocycles. The van der Waals surface area contributed by atoms with Crippen molar-refractivity contribution in [2.24, 2.45) is 0 Å². The quantitative estimate of drug-likeness (QED) is 0.610. The van der Waals surface area contributed by atoms with E-state index in [-0.39, 0.29) is 5.69 Å². The van der Waals surface area contributed by atoms with Crippen LogP contribution < -0.4 is 4.90 Å². The van der Waals surface area contributed by atoms with Gasteiger partial charge in [0.15, 0.2) is 0 Å². The number of anilines is 1. The van der Waals surface area contributed by atoms with Crippen molar-refractivity contribution < 1.29 is 14.5 Å². The SMILES string of the molecule is CC(C)(C)OC(=O)N(Cc1ccccc1)c1ccc([N+](=O)[O-])cc1. The standard InChI is InChI=1S/C18H20N2O4/c1-18(2,3)24-17(21)19(13-14-7-5-4-6-8-14)15-9-11-16(12-10-15)20(22)23/h4-12H,13H2,1-3H3. The lowest BCUT2D eigenvalue weighted by molar-refractivity contribution is -0.384. The largest absolute Gasteiger partial charge is 0.443 e. The molecule has 24 heavy (non-hydrogen) atoms. The average Bonchev–Trinajstić information content (AvgIpc) is 2.52. The minimum Gasteiger partial charge on any atom is -0.443 e. The Kier molecular flexibility index (Phi) is 5.18. The summed E-state index contributed by atoms with van der Waals surface area (Å²) in [6, 6.07) is 15.3. The summed E-state index contributed by atoms with van der Waals surface area (Å²) in [7, 11) is 0. The van der Waals surface area contributed by atoms with E-state index in [2.05, 4.69) is 0 Å². The van der Waals surface area contributed by atoms with Gasteiger partial charge >= 0.3 is 6.09 Å². The topological polar surface area (TPSA) is 72.7 Å². The van der Waals surface area contributed by atoms with E-state index in [1.54, 1.807) is 32.9 Å². The Morgan fingerprint density at radius 1 is 1.08 bits per heavy atom. The average molecular weight is 328 g/mol. The third kappa shape index (κ3) is 4.81. The number of nitrogens with zero attached hydrogens (tertiary/aromatic N) is 2. The van der Waals surface area contributed by atoms with Crippen LogP contribution in [-0.2, 0) is 11.3 Å². The van der Waals surface area contributed by atoms with Gasteiger partial charge in [0.05, 0.1) is 11.5 Å². The lowest BCUT2D eigenvalue weighted by atomic mass is 10.2. The first-order valence-electron chi connectivity index (χ1n) is 7.55. The van der Waals surface area contributed by atoms with Crippen LogP contribution in [0.2, 0.25) is 0 Å². The first-order chi connectivity index (χ1) is 11.3. The molecular weight excluding hydrogens is 308 g/mol. The van der Waals surface area contributed by atoms with Crippen LogP contribution in [0.4, 0.5) is 16.2 Å². The van der Waals surface area contributed by atoms with Gasteiger partial charge in [-0.05, 0) is 38.5 Å². The van der Waals surface area contributed by atoms with E-state index >= 15 is 0 Å². The molecule has 0 saturated heterocycles. The molecular formula is C18H20N2O4. The summed E-state index contributed by atoms with van der Waals surface area (Å²) >= 11 is 0.